The van der Waals surface area contributed by atoms with Gasteiger partial charge in [0.25, 0.3) is 11.5 Å². The number of carbonyl (C=O) groups excluding carboxylic acids is 2. The van der Waals surface area contributed by atoms with Crippen LogP contribution in [-0.2, 0) is 34.2 Å². The van der Waals surface area contributed by atoms with Crippen LogP contribution in [0.5, 0.6) is 0 Å². The van der Waals surface area contributed by atoms with Gasteiger partial charge in [0.15, 0.2) is 6.10 Å². The molecule has 0 saturated heterocycles. The summed E-state index contributed by atoms with van der Waals surface area (Å²) in [5.74, 6) is -0.809. The summed E-state index contributed by atoms with van der Waals surface area (Å²) >= 11 is 0. The SMILES string of the molecule is CC(OC(=O)Cc1nn(C)c(=O)c2ccccc12)C(=O)N1CCc2ccccc21. The van der Waals surface area contributed by atoms with Gasteiger partial charge in [-0.15, -0.1) is 0 Å². The number of nitrogens with zero attached hydrogens (tertiary/aromatic N) is 3. The third-order valence-corrected chi connectivity index (χ3v) is 5.15. The van der Waals surface area contributed by atoms with Crippen molar-refractivity contribution in [1.29, 1.82) is 0 Å². The number of fused-ring (bicyclic) bond motifs is 2. The van der Waals surface area contributed by atoms with Gasteiger partial charge in [-0.2, -0.15) is 5.10 Å². The highest BCUT2D eigenvalue weighted by Gasteiger charge is 2.30. The summed E-state index contributed by atoms with van der Waals surface area (Å²) in [5.41, 5.74) is 2.19. The maximum absolute atomic E-state index is 12.8. The fraction of sp³-hybridized carbons (Fsp3) is 0.273. The predicted molar refractivity (Wildman–Crippen MR) is 109 cm³/mol. The first-order valence-electron chi connectivity index (χ1n) is 9.49. The van der Waals surface area contributed by atoms with Gasteiger partial charge in [0, 0.05) is 24.7 Å². The zero-order valence-electron chi connectivity index (χ0n) is 16.3. The van der Waals surface area contributed by atoms with Gasteiger partial charge < -0.3 is 9.64 Å². The molecule has 0 radical (unpaired) electrons. The number of anilines is 1. The van der Waals surface area contributed by atoms with E-state index in [0.29, 0.717) is 23.0 Å². The molecule has 4 rings (SSSR count). The van der Waals surface area contributed by atoms with E-state index in [9.17, 15) is 14.4 Å². The molecule has 1 aliphatic heterocycles. The number of benzene rings is 2. The Morgan fingerprint density at radius 3 is 2.59 bits per heavy atom. The van der Waals surface area contributed by atoms with Crippen LogP contribution in [0.1, 0.15) is 18.2 Å². The molecule has 0 spiro atoms. The molecule has 0 fully saturated rings. The number of aromatic nitrogens is 2. The molecule has 29 heavy (non-hydrogen) atoms. The number of carbonyl (C=O) groups is 2. The maximum atomic E-state index is 12.8. The second kappa shape index (κ2) is 7.50. The Labute approximate surface area is 167 Å². The molecule has 2 aromatic carbocycles. The highest BCUT2D eigenvalue weighted by Crippen LogP contribution is 2.28. The van der Waals surface area contributed by atoms with Crippen LogP contribution in [0.2, 0.25) is 0 Å². The summed E-state index contributed by atoms with van der Waals surface area (Å²) in [5, 5.41) is 5.31. The van der Waals surface area contributed by atoms with E-state index in [1.807, 2.05) is 24.3 Å². The molecule has 0 saturated carbocycles. The molecular formula is C22H21N3O4. The molecule has 7 heteroatoms. The maximum Gasteiger partial charge on any atom is 0.312 e. The first-order valence-corrected chi connectivity index (χ1v) is 9.49. The molecular weight excluding hydrogens is 370 g/mol. The predicted octanol–water partition coefficient (Wildman–Crippen LogP) is 2.00. The van der Waals surface area contributed by atoms with Crippen molar-refractivity contribution in [3.05, 3.63) is 70.1 Å². The number of ether oxygens (including phenoxy) is 1. The van der Waals surface area contributed by atoms with Crippen molar-refractivity contribution in [2.24, 2.45) is 7.05 Å². The summed E-state index contributed by atoms with van der Waals surface area (Å²) in [6, 6.07) is 14.7. The lowest BCUT2D eigenvalue weighted by Gasteiger charge is -2.21. The Kier molecular flexibility index (Phi) is 4.88. The van der Waals surface area contributed by atoms with Gasteiger partial charge in [0.2, 0.25) is 0 Å². The van der Waals surface area contributed by atoms with E-state index < -0.39 is 12.1 Å². The van der Waals surface area contributed by atoms with Crippen LogP contribution in [0, 0.1) is 0 Å². The minimum absolute atomic E-state index is 0.122. The third-order valence-electron chi connectivity index (χ3n) is 5.15. The van der Waals surface area contributed by atoms with Gasteiger partial charge in [-0.05, 0) is 31.0 Å². The molecule has 148 valence electrons. The average Bonchev–Trinajstić information content (AvgIpc) is 3.15. The van der Waals surface area contributed by atoms with Gasteiger partial charge in [0.1, 0.15) is 0 Å². The lowest BCUT2D eigenvalue weighted by Crippen LogP contribution is -2.39. The van der Waals surface area contributed by atoms with Crippen LogP contribution in [0.15, 0.2) is 53.3 Å². The molecule has 0 N–H and O–H groups in total. The lowest BCUT2D eigenvalue weighted by molar-refractivity contribution is -0.153. The zero-order chi connectivity index (χ0) is 20.5. The number of aryl methyl sites for hydroxylation is 1. The highest BCUT2D eigenvalue weighted by atomic mass is 16.5. The van der Waals surface area contributed by atoms with Crippen molar-refractivity contribution in [3.8, 4) is 0 Å². The molecule has 0 aliphatic carbocycles. The molecule has 0 bridgehead atoms. The number of rotatable bonds is 4. The molecule has 1 aliphatic rings. The van der Waals surface area contributed by atoms with Gasteiger partial charge >= 0.3 is 5.97 Å². The smallest absolute Gasteiger partial charge is 0.312 e. The minimum Gasteiger partial charge on any atom is -0.452 e. The number of hydrogen-bond acceptors (Lipinski definition) is 5. The largest absolute Gasteiger partial charge is 0.452 e. The summed E-state index contributed by atoms with van der Waals surface area (Å²) in [6.45, 7) is 2.15. The molecule has 3 aromatic rings. The highest BCUT2D eigenvalue weighted by molar-refractivity contribution is 5.99. The quantitative estimate of drug-likeness (QED) is 0.636. The summed E-state index contributed by atoms with van der Waals surface area (Å²) in [6.07, 6.45) is -0.244. The van der Waals surface area contributed by atoms with Crippen LogP contribution in [0.25, 0.3) is 10.8 Å². The van der Waals surface area contributed by atoms with E-state index in [-0.39, 0.29) is 17.9 Å². The van der Waals surface area contributed by atoms with E-state index >= 15 is 0 Å². The fourth-order valence-corrected chi connectivity index (χ4v) is 3.72. The number of hydrogen-bond donors (Lipinski definition) is 0. The second-order valence-corrected chi connectivity index (χ2v) is 7.10. The average molecular weight is 391 g/mol. The van der Waals surface area contributed by atoms with Crippen molar-refractivity contribution in [1.82, 2.24) is 9.78 Å². The van der Waals surface area contributed by atoms with Crippen LogP contribution in [0.3, 0.4) is 0 Å². The zero-order valence-corrected chi connectivity index (χ0v) is 16.3. The Hall–Kier alpha value is -3.48. The fourth-order valence-electron chi connectivity index (χ4n) is 3.72. The molecule has 1 atom stereocenters. The Bertz CT molecular complexity index is 1170. The van der Waals surface area contributed by atoms with Gasteiger partial charge in [0.05, 0.1) is 17.5 Å². The van der Waals surface area contributed by atoms with Crippen molar-refractivity contribution in [3.63, 3.8) is 0 Å². The first-order chi connectivity index (χ1) is 14.0. The summed E-state index contributed by atoms with van der Waals surface area (Å²) in [4.78, 5) is 39.2. The Morgan fingerprint density at radius 2 is 1.79 bits per heavy atom. The van der Waals surface area contributed by atoms with E-state index in [0.717, 1.165) is 17.7 Å². The van der Waals surface area contributed by atoms with E-state index in [2.05, 4.69) is 5.10 Å². The Balaban J connectivity index is 1.49. The molecule has 7 nitrogen and oxygen atoms in total. The van der Waals surface area contributed by atoms with Crippen LogP contribution >= 0.6 is 0 Å². The van der Waals surface area contributed by atoms with Crippen LogP contribution in [0.4, 0.5) is 5.69 Å². The van der Waals surface area contributed by atoms with Crippen molar-refractivity contribution >= 4 is 28.3 Å². The van der Waals surface area contributed by atoms with Crippen LogP contribution in [-0.4, -0.2) is 34.3 Å². The number of esters is 1. The lowest BCUT2D eigenvalue weighted by atomic mass is 10.1. The van der Waals surface area contributed by atoms with E-state index in [4.69, 9.17) is 4.74 Å². The summed E-state index contributed by atoms with van der Waals surface area (Å²) < 4.78 is 6.61. The van der Waals surface area contributed by atoms with Gasteiger partial charge in [-0.25, -0.2) is 4.68 Å². The molecule has 1 unspecified atom stereocenters. The van der Waals surface area contributed by atoms with Crippen molar-refractivity contribution in [2.75, 3.05) is 11.4 Å². The monoisotopic (exact) mass is 391 g/mol. The van der Waals surface area contributed by atoms with Gasteiger partial charge in [-0.1, -0.05) is 36.4 Å². The minimum atomic E-state index is -0.910. The standard InChI is InChI=1S/C22H21N3O4/c1-14(21(27)25-12-11-15-7-3-6-10-19(15)25)29-20(26)13-18-16-8-4-5-9-17(16)22(28)24(2)23-18/h3-10,14H,11-13H2,1-2H3. The Morgan fingerprint density at radius 1 is 1.10 bits per heavy atom. The van der Waals surface area contributed by atoms with Gasteiger partial charge in [-0.3, -0.25) is 14.4 Å². The third kappa shape index (κ3) is 3.51. The molecule has 1 amide bonds. The summed E-state index contributed by atoms with van der Waals surface area (Å²) in [7, 11) is 1.54. The van der Waals surface area contributed by atoms with E-state index in [1.165, 1.54) is 4.68 Å². The second-order valence-electron chi connectivity index (χ2n) is 7.10. The first kappa shape index (κ1) is 18.9. The van der Waals surface area contributed by atoms with Crippen LogP contribution < -0.4 is 10.5 Å². The topological polar surface area (TPSA) is 81.5 Å². The van der Waals surface area contributed by atoms with Crippen molar-refractivity contribution in [2.45, 2.75) is 25.9 Å². The number of amides is 1. The van der Waals surface area contributed by atoms with E-state index in [1.54, 1.807) is 43.1 Å². The number of para-hydroxylation sites is 1. The van der Waals surface area contributed by atoms with Crippen molar-refractivity contribution < 1.29 is 14.3 Å². The normalized spacial score (nSPS) is 13.9. The molecule has 2 heterocycles. The molecule has 1 aromatic heterocycles.